The second-order valence-electron chi connectivity index (χ2n) is 10.6. The van der Waals surface area contributed by atoms with Crippen molar-refractivity contribution in [2.45, 2.75) is 48.5 Å². The highest BCUT2D eigenvalue weighted by Gasteiger charge is 2.20. The molecule has 1 aliphatic rings. The van der Waals surface area contributed by atoms with Crippen LogP contribution in [0.15, 0.2) is 78.4 Å². The normalized spacial score (nSPS) is 11.9. The van der Waals surface area contributed by atoms with Gasteiger partial charge in [-0.05, 0) is 102 Å². The van der Waals surface area contributed by atoms with Crippen molar-refractivity contribution < 1.29 is 18.8 Å². The average molecular weight is 635 g/mol. The number of carbonyl (C=O) groups is 1. The van der Waals surface area contributed by atoms with E-state index in [1.807, 2.05) is 0 Å². The molecule has 0 heterocycles. The second kappa shape index (κ2) is 18.9. The highest BCUT2D eigenvalue weighted by atomic mass is 35.5. The molecule has 3 rings (SSSR count). The minimum absolute atomic E-state index is 0.312. The number of benzene rings is 2. The van der Waals surface area contributed by atoms with E-state index in [0.29, 0.717) is 18.7 Å². The number of rotatable bonds is 14. The summed E-state index contributed by atoms with van der Waals surface area (Å²) in [5.41, 5.74) is 9.52. The van der Waals surface area contributed by atoms with Crippen molar-refractivity contribution in [3.8, 4) is 5.75 Å². The number of esters is 1. The number of hydrogen-bond acceptors (Lipinski definition) is 5. The van der Waals surface area contributed by atoms with Gasteiger partial charge in [0.05, 0.1) is 13.7 Å². The number of aryl methyl sites for hydroxylation is 1. The van der Waals surface area contributed by atoms with Gasteiger partial charge in [0.15, 0.2) is 5.71 Å². The predicted octanol–water partition coefficient (Wildman–Crippen LogP) is 8.07. The monoisotopic (exact) mass is 634 g/mol. The molecular formula is C38H53ClN3O3+. The maximum absolute atomic E-state index is 11.9. The number of likely N-dealkylation sites (N-methyl/N-ethyl adjacent to an activating group) is 1. The molecule has 0 atom stereocenters. The van der Waals surface area contributed by atoms with Crippen LogP contribution in [0.5, 0.6) is 5.75 Å². The Morgan fingerprint density at radius 2 is 1.40 bits per heavy atom. The molecule has 2 aromatic rings. The summed E-state index contributed by atoms with van der Waals surface area (Å²) >= 11 is 4.64. The van der Waals surface area contributed by atoms with Crippen LogP contribution in [-0.4, -0.2) is 75.6 Å². The molecule has 0 spiro atoms. The number of nitrogens with zero attached hydrogens (tertiary/aromatic N) is 3. The Hall–Kier alpha value is -3.77. The lowest BCUT2D eigenvalue weighted by Gasteiger charge is -2.26. The van der Waals surface area contributed by atoms with Crippen molar-refractivity contribution in [2.24, 2.45) is 0 Å². The van der Waals surface area contributed by atoms with Gasteiger partial charge in [0, 0.05) is 72.3 Å². The Bertz CT molecular complexity index is 1410. The predicted molar refractivity (Wildman–Crippen MR) is 194 cm³/mol. The summed E-state index contributed by atoms with van der Waals surface area (Å²) in [5, 5.41) is 0. The average Bonchev–Trinajstić information content (AvgIpc) is 3.06. The third kappa shape index (κ3) is 9.61. The molecule has 1 aliphatic carbocycles. The minimum Gasteiger partial charge on any atom is -0.496 e. The van der Waals surface area contributed by atoms with E-state index in [4.69, 9.17) is 9.47 Å². The van der Waals surface area contributed by atoms with Crippen molar-refractivity contribution in [2.75, 3.05) is 69.2 Å². The van der Waals surface area contributed by atoms with Crippen LogP contribution in [0.1, 0.15) is 58.2 Å². The molecule has 45 heavy (non-hydrogen) atoms. The van der Waals surface area contributed by atoms with Gasteiger partial charge >= 0.3 is 5.97 Å². The lowest BCUT2D eigenvalue weighted by atomic mass is 9.87. The number of halogens is 1. The number of methoxy groups -OCH3 is 1. The van der Waals surface area contributed by atoms with Gasteiger partial charge in [0.25, 0.3) is 0 Å². The number of alkyl halides is 1. The van der Waals surface area contributed by atoms with Gasteiger partial charge in [-0.25, -0.2) is 9.37 Å². The van der Waals surface area contributed by atoms with Gasteiger partial charge in [-0.15, -0.1) is 11.6 Å². The SMILES string of the molecule is C=C(C)C(=O)OCCN(CC)c1ccc(C(=C2C=CC(=[N+](CC)CC)C=C2)c2ccc(N(CC)CC)cc2OC)c(C)c1.CCl. The summed E-state index contributed by atoms with van der Waals surface area (Å²) < 4.78 is 13.8. The number of hydrogen-bond donors (Lipinski definition) is 0. The fourth-order valence-electron chi connectivity index (χ4n) is 5.52. The maximum atomic E-state index is 11.9. The molecule has 0 N–H and O–H groups in total. The largest absolute Gasteiger partial charge is 0.496 e. The van der Waals surface area contributed by atoms with E-state index in [0.717, 1.165) is 77.7 Å². The van der Waals surface area contributed by atoms with Gasteiger partial charge in [0.2, 0.25) is 0 Å². The topological polar surface area (TPSA) is 45.0 Å². The van der Waals surface area contributed by atoms with Crippen LogP contribution in [0.3, 0.4) is 0 Å². The van der Waals surface area contributed by atoms with Crippen LogP contribution in [0, 0.1) is 6.92 Å². The molecule has 2 aromatic carbocycles. The first kappa shape index (κ1) is 37.4. The van der Waals surface area contributed by atoms with E-state index in [-0.39, 0.29) is 5.97 Å². The van der Waals surface area contributed by atoms with Crippen molar-refractivity contribution in [3.63, 3.8) is 0 Å². The standard InChI is InChI=1S/C37H50N3O3.CH3Cl/c1-10-38(11-2)30-17-15-29(16-18-30)36(34-22-20-32(26-35(34)42-9)39(12-3)13-4)33-21-19-31(25-28(33)8)40(14-5)23-24-43-37(41)27(6)7;1-2/h15-22,25-26H,6,10-14,23-24H2,1-5,7-9H3;1H3/q+1;. The van der Waals surface area contributed by atoms with Crippen molar-refractivity contribution in [3.05, 3.63) is 95.1 Å². The Balaban J connectivity index is 0.00000345. The minimum atomic E-state index is -0.352. The molecule has 0 amide bonds. The van der Waals surface area contributed by atoms with E-state index in [2.05, 4.69) is 135 Å². The molecule has 0 fully saturated rings. The van der Waals surface area contributed by atoms with Gasteiger partial charge in [0.1, 0.15) is 25.4 Å². The Kier molecular flexibility index (Phi) is 15.7. The van der Waals surface area contributed by atoms with Gasteiger partial charge in [-0.2, -0.15) is 0 Å². The van der Waals surface area contributed by atoms with Crippen molar-refractivity contribution in [1.29, 1.82) is 0 Å². The molecule has 7 heteroatoms. The van der Waals surface area contributed by atoms with Crippen LogP contribution in [0.2, 0.25) is 0 Å². The number of allylic oxidation sites excluding steroid dienone is 5. The van der Waals surface area contributed by atoms with E-state index in [1.165, 1.54) is 12.1 Å². The molecule has 0 bridgehead atoms. The highest BCUT2D eigenvalue weighted by Crippen LogP contribution is 2.39. The molecule has 0 radical (unpaired) electrons. The zero-order valence-electron chi connectivity index (χ0n) is 28.9. The molecule has 0 aliphatic heterocycles. The third-order valence-electron chi connectivity index (χ3n) is 8.04. The molecule has 0 saturated heterocycles. The van der Waals surface area contributed by atoms with Crippen LogP contribution in [-0.2, 0) is 9.53 Å². The summed E-state index contributed by atoms with van der Waals surface area (Å²) in [7, 11) is 1.75. The van der Waals surface area contributed by atoms with E-state index in [1.54, 1.807) is 14.0 Å². The van der Waals surface area contributed by atoms with Crippen LogP contribution >= 0.6 is 11.6 Å². The Labute approximate surface area is 277 Å². The van der Waals surface area contributed by atoms with E-state index >= 15 is 0 Å². The number of ether oxygens (including phenoxy) is 2. The molecule has 0 aromatic heterocycles. The van der Waals surface area contributed by atoms with Crippen molar-refractivity contribution >= 4 is 40.2 Å². The number of carbonyl (C=O) groups excluding carboxylic acids is 1. The third-order valence-corrected chi connectivity index (χ3v) is 8.04. The first-order valence-corrected chi connectivity index (χ1v) is 16.7. The molecule has 0 unspecified atom stereocenters. The second-order valence-corrected chi connectivity index (χ2v) is 10.6. The molecule has 6 nitrogen and oxygen atoms in total. The van der Waals surface area contributed by atoms with Crippen LogP contribution in [0.25, 0.3) is 5.57 Å². The maximum Gasteiger partial charge on any atom is 0.333 e. The molecule has 244 valence electrons. The van der Waals surface area contributed by atoms with Crippen LogP contribution in [0.4, 0.5) is 11.4 Å². The highest BCUT2D eigenvalue weighted by molar-refractivity contribution is 6.15. The Morgan fingerprint density at radius 1 is 0.844 bits per heavy atom. The van der Waals surface area contributed by atoms with Crippen molar-refractivity contribution in [1.82, 2.24) is 0 Å². The molecular weight excluding hydrogens is 582 g/mol. The van der Waals surface area contributed by atoms with Gasteiger partial charge in [-0.3, -0.25) is 0 Å². The summed E-state index contributed by atoms with van der Waals surface area (Å²) in [4.78, 5) is 16.4. The molecule has 0 saturated carbocycles. The quantitative estimate of drug-likeness (QED) is 0.0910. The van der Waals surface area contributed by atoms with E-state index in [9.17, 15) is 4.79 Å². The first-order chi connectivity index (χ1) is 21.7. The van der Waals surface area contributed by atoms with E-state index < -0.39 is 0 Å². The lowest BCUT2D eigenvalue weighted by molar-refractivity contribution is -0.519. The first-order valence-electron chi connectivity index (χ1n) is 15.9. The summed E-state index contributed by atoms with van der Waals surface area (Å²) in [5.74, 6) is 0.500. The van der Waals surface area contributed by atoms with Gasteiger partial charge in [-0.1, -0.05) is 12.6 Å². The lowest BCUT2D eigenvalue weighted by Crippen LogP contribution is -2.28. The zero-order chi connectivity index (χ0) is 33.5. The number of anilines is 2. The zero-order valence-corrected chi connectivity index (χ0v) is 29.6. The summed E-state index contributed by atoms with van der Waals surface area (Å²) in [6, 6.07) is 13.1. The smallest absolute Gasteiger partial charge is 0.333 e. The fraction of sp³-hybridized carbons (Fsp3) is 0.421. The fourth-order valence-corrected chi connectivity index (χ4v) is 5.52. The Morgan fingerprint density at radius 3 is 1.89 bits per heavy atom. The summed E-state index contributed by atoms with van der Waals surface area (Å²) in [6.07, 6.45) is 10.4. The summed E-state index contributed by atoms with van der Waals surface area (Å²) in [6.45, 7) is 23.9. The van der Waals surface area contributed by atoms with Crippen LogP contribution < -0.4 is 14.5 Å². The van der Waals surface area contributed by atoms with Gasteiger partial charge < -0.3 is 19.3 Å².